The van der Waals surface area contributed by atoms with Crippen molar-refractivity contribution in [3.8, 4) is 0 Å². The van der Waals surface area contributed by atoms with E-state index < -0.39 is 16.7 Å². The van der Waals surface area contributed by atoms with E-state index in [1.807, 2.05) is 0 Å². The first-order valence-electron chi connectivity index (χ1n) is 7.39. The van der Waals surface area contributed by atoms with Gasteiger partial charge in [-0.25, -0.2) is 0 Å². The molecule has 0 bridgehead atoms. The lowest BCUT2D eigenvalue weighted by atomic mass is 10.1. The van der Waals surface area contributed by atoms with Crippen molar-refractivity contribution in [3.63, 3.8) is 0 Å². The maximum Gasteiger partial charge on any atom is 0.269 e. The van der Waals surface area contributed by atoms with Gasteiger partial charge in [0, 0.05) is 36.1 Å². The van der Waals surface area contributed by atoms with E-state index in [1.165, 1.54) is 24.3 Å². The number of carbonyl (C=O) groups is 3. The lowest BCUT2D eigenvalue weighted by molar-refractivity contribution is -0.384. The van der Waals surface area contributed by atoms with E-state index in [4.69, 9.17) is 0 Å². The number of nitro groups is 1. The molecular weight excluding hydrogens is 326 g/mol. The van der Waals surface area contributed by atoms with Gasteiger partial charge in [-0.3, -0.25) is 35.3 Å². The van der Waals surface area contributed by atoms with Gasteiger partial charge in [0.1, 0.15) is 0 Å². The molecule has 0 heterocycles. The fourth-order valence-electron chi connectivity index (χ4n) is 1.99. The van der Waals surface area contributed by atoms with Crippen LogP contribution in [0.25, 0.3) is 0 Å². The van der Waals surface area contributed by atoms with E-state index in [-0.39, 0.29) is 29.9 Å². The molecule has 2 aromatic rings. The fourth-order valence-corrected chi connectivity index (χ4v) is 1.99. The number of nitrogens with one attached hydrogen (secondary N) is 2. The van der Waals surface area contributed by atoms with Crippen molar-refractivity contribution in [2.24, 2.45) is 0 Å². The van der Waals surface area contributed by atoms with Crippen LogP contribution in [-0.4, -0.2) is 22.5 Å². The minimum absolute atomic E-state index is 0.0171. The molecule has 25 heavy (non-hydrogen) atoms. The van der Waals surface area contributed by atoms with Crippen LogP contribution in [0.2, 0.25) is 0 Å². The van der Waals surface area contributed by atoms with Crippen LogP contribution in [-0.2, 0) is 4.79 Å². The normalized spacial score (nSPS) is 9.92. The Balaban J connectivity index is 1.78. The van der Waals surface area contributed by atoms with E-state index in [0.717, 1.165) is 0 Å². The van der Waals surface area contributed by atoms with Crippen molar-refractivity contribution in [3.05, 3.63) is 75.8 Å². The van der Waals surface area contributed by atoms with Crippen molar-refractivity contribution in [2.45, 2.75) is 12.8 Å². The molecule has 2 N–H and O–H groups in total. The van der Waals surface area contributed by atoms with Gasteiger partial charge in [-0.1, -0.05) is 30.3 Å². The second-order valence-corrected chi connectivity index (χ2v) is 5.10. The molecule has 0 atom stereocenters. The summed E-state index contributed by atoms with van der Waals surface area (Å²) in [6, 6.07) is 13.5. The number of non-ortho nitro benzene ring substituents is 1. The summed E-state index contributed by atoms with van der Waals surface area (Å²) < 4.78 is 0. The Hall–Kier alpha value is -3.55. The van der Waals surface area contributed by atoms with E-state index in [1.54, 1.807) is 30.3 Å². The highest BCUT2D eigenvalue weighted by Crippen LogP contribution is 2.11. The molecule has 0 aliphatic rings. The Morgan fingerprint density at radius 1 is 0.840 bits per heavy atom. The van der Waals surface area contributed by atoms with Gasteiger partial charge in [-0.2, -0.15) is 0 Å². The van der Waals surface area contributed by atoms with Gasteiger partial charge in [0.15, 0.2) is 5.78 Å². The third-order valence-electron chi connectivity index (χ3n) is 3.33. The molecule has 0 unspecified atom stereocenters. The summed E-state index contributed by atoms with van der Waals surface area (Å²) in [6.07, 6.45) is -0.0580. The number of rotatable bonds is 6. The van der Waals surface area contributed by atoms with Gasteiger partial charge < -0.3 is 0 Å². The standard InChI is InChI=1S/C17H15N3O5/c21-15(12-4-2-1-3-5-12)10-11-16(22)18-19-17(23)13-6-8-14(9-7-13)20(24)25/h1-9H,10-11H2,(H,18,22)(H,19,23). The number of hydrazine groups is 1. The van der Waals surface area contributed by atoms with Gasteiger partial charge in [-0.15, -0.1) is 0 Å². The Morgan fingerprint density at radius 2 is 1.48 bits per heavy atom. The lowest BCUT2D eigenvalue weighted by Gasteiger charge is -2.07. The zero-order chi connectivity index (χ0) is 18.2. The van der Waals surface area contributed by atoms with Gasteiger partial charge in [-0.05, 0) is 12.1 Å². The molecule has 0 fully saturated rings. The van der Waals surface area contributed by atoms with Crippen molar-refractivity contribution in [1.82, 2.24) is 10.9 Å². The van der Waals surface area contributed by atoms with Gasteiger partial charge in [0.2, 0.25) is 5.91 Å². The third kappa shape index (κ3) is 5.24. The zero-order valence-corrected chi connectivity index (χ0v) is 13.1. The number of benzene rings is 2. The molecule has 0 spiro atoms. The zero-order valence-electron chi connectivity index (χ0n) is 13.1. The van der Waals surface area contributed by atoms with Crippen LogP contribution in [0, 0.1) is 10.1 Å². The molecule has 0 saturated heterocycles. The first kappa shape index (κ1) is 17.8. The Labute approximate surface area is 143 Å². The Bertz CT molecular complexity index is 788. The molecule has 2 rings (SSSR count). The molecule has 0 aliphatic carbocycles. The highest BCUT2D eigenvalue weighted by Gasteiger charge is 2.12. The number of Topliss-reactive ketones (excluding diaryl/α,β-unsaturated/α-hetero) is 1. The van der Waals surface area contributed by atoms with Gasteiger partial charge in [0.05, 0.1) is 4.92 Å². The highest BCUT2D eigenvalue weighted by molar-refractivity contribution is 5.98. The van der Waals surface area contributed by atoms with Crippen LogP contribution < -0.4 is 10.9 Å². The van der Waals surface area contributed by atoms with E-state index >= 15 is 0 Å². The number of carbonyl (C=O) groups excluding carboxylic acids is 3. The smallest absolute Gasteiger partial charge is 0.269 e. The van der Waals surface area contributed by atoms with E-state index in [2.05, 4.69) is 10.9 Å². The molecule has 8 heteroatoms. The number of hydrogen-bond donors (Lipinski definition) is 2. The van der Waals surface area contributed by atoms with Crippen molar-refractivity contribution >= 4 is 23.3 Å². The van der Waals surface area contributed by atoms with Crippen LogP contribution in [0.1, 0.15) is 33.6 Å². The second-order valence-electron chi connectivity index (χ2n) is 5.10. The van der Waals surface area contributed by atoms with Crippen LogP contribution in [0.4, 0.5) is 5.69 Å². The molecule has 0 saturated carbocycles. The summed E-state index contributed by atoms with van der Waals surface area (Å²) in [5, 5.41) is 10.5. The number of nitro benzene ring substituents is 1. The SMILES string of the molecule is O=C(CCC(=O)c1ccccc1)NNC(=O)c1ccc([N+](=O)[O-])cc1. The molecular formula is C17H15N3O5. The predicted molar refractivity (Wildman–Crippen MR) is 88.7 cm³/mol. The first-order chi connectivity index (χ1) is 12.0. The summed E-state index contributed by atoms with van der Waals surface area (Å²) in [4.78, 5) is 45.4. The van der Waals surface area contributed by atoms with Crippen LogP contribution in [0.5, 0.6) is 0 Å². The van der Waals surface area contributed by atoms with Crippen molar-refractivity contribution in [1.29, 1.82) is 0 Å². The number of hydrogen-bond acceptors (Lipinski definition) is 5. The van der Waals surface area contributed by atoms with Crippen molar-refractivity contribution < 1.29 is 19.3 Å². The largest absolute Gasteiger partial charge is 0.294 e. The monoisotopic (exact) mass is 341 g/mol. The quantitative estimate of drug-likeness (QED) is 0.473. The maximum atomic E-state index is 11.9. The number of amides is 2. The first-order valence-corrected chi connectivity index (χ1v) is 7.39. The number of nitrogens with zero attached hydrogens (tertiary/aromatic N) is 1. The highest BCUT2D eigenvalue weighted by atomic mass is 16.6. The van der Waals surface area contributed by atoms with Gasteiger partial charge in [0.25, 0.3) is 11.6 Å². The average Bonchev–Trinajstić information content (AvgIpc) is 2.64. The summed E-state index contributed by atoms with van der Waals surface area (Å²) in [6.45, 7) is 0. The summed E-state index contributed by atoms with van der Waals surface area (Å²) >= 11 is 0. The molecule has 8 nitrogen and oxygen atoms in total. The van der Waals surface area contributed by atoms with Crippen LogP contribution in [0.15, 0.2) is 54.6 Å². The molecule has 2 amide bonds. The van der Waals surface area contributed by atoms with E-state index in [0.29, 0.717) is 5.56 Å². The second kappa shape index (κ2) is 8.34. The summed E-state index contributed by atoms with van der Waals surface area (Å²) in [5.74, 6) is -1.30. The molecule has 0 aromatic heterocycles. The summed E-state index contributed by atoms with van der Waals surface area (Å²) in [7, 11) is 0. The Morgan fingerprint density at radius 3 is 2.08 bits per heavy atom. The third-order valence-corrected chi connectivity index (χ3v) is 3.33. The van der Waals surface area contributed by atoms with E-state index in [9.17, 15) is 24.5 Å². The van der Waals surface area contributed by atoms with Gasteiger partial charge >= 0.3 is 0 Å². The molecule has 0 aliphatic heterocycles. The molecule has 128 valence electrons. The van der Waals surface area contributed by atoms with Crippen molar-refractivity contribution in [2.75, 3.05) is 0 Å². The fraction of sp³-hybridized carbons (Fsp3) is 0.118. The topological polar surface area (TPSA) is 118 Å². The van der Waals surface area contributed by atoms with Crippen LogP contribution >= 0.6 is 0 Å². The number of ketones is 1. The minimum atomic E-state index is -0.613. The minimum Gasteiger partial charge on any atom is -0.294 e. The van der Waals surface area contributed by atoms with Crippen LogP contribution in [0.3, 0.4) is 0 Å². The molecule has 2 aromatic carbocycles. The lowest BCUT2D eigenvalue weighted by Crippen LogP contribution is -2.41. The predicted octanol–water partition coefficient (Wildman–Crippen LogP) is 2.02. The summed E-state index contributed by atoms with van der Waals surface area (Å²) in [5.41, 5.74) is 4.93. The average molecular weight is 341 g/mol. The Kier molecular flexibility index (Phi) is 5.94. The maximum absolute atomic E-state index is 11.9. The molecule has 0 radical (unpaired) electrons.